The monoisotopic (exact) mass is 391 g/mol. The van der Waals surface area contributed by atoms with Crippen molar-refractivity contribution >= 4 is 16.9 Å². The molecule has 0 radical (unpaired) electrons. The van der Waals surface area contributed by atoms with Crippen molar-refractivity contribution in [2.75, 3.05) is 13.7 Å². The lowest BCUT2D eigenvalue weighted by Gasteiger charge is -2.10. The lowest BCUT2D eigenvalue weighted by molar-refractivity contribution is -0.117. The molecule has 152 valence electrons. The van der Waals surface area contributed by atoms with Crippen molar-refractivity contribution < 1.29 is 9.53 Å². The minimum atomic E-state index is -0.0636. The minimum absolute atomic E-state index is 0.0636. The van der Waals surface area contributed by atoms with E-state index < -0.39 is 0 Å². The average molecular weight is 392 g/mol. The van der Waals surface area contributed by atoms with E-state index in [1.165, 1.54) is 5.56 Å². The Morgan fingerprint density at radius 2 is 1.86 bits per heavy atom. The number of methoxy groups -OCH3 is 1. The Bertz CT molecular complexity index is 973. The Morgan fingerprint density at radius 1 is 1.10 bits per heavy atom. The third kappa shape index (κ3) is 5.47. The van der Waals surface area contributed by atoms with Crippen LogP contribution in [-0.2, 0) is 17.8 Å². The van der Waals surface area contributed by atoms with Crippen LogP contribution in [0.3, 0.4) is 0 Å². The van der Waals surface area contributed by atoms with Crippen LogP contribution in [-0.4, -0.2) is 29.1 Å². The first-order valence-corrected chi connectivity index (χ1v) is 10.1. The summed E-state index contributed by atoms with van der Waals surface area (Å²) in [5.74, 6) is 1.91. The van der Waals surface area contributed by atoms with Crippen LogP contribution < -0.4 is 10.1 Å². The number of imidazole rings is 1. The van der Waals surface area contributed by atoms with Gasteiger partial charge in [-0.2, -0.15) is 0 Å². The summed E-state index contributed by atoms with van der Waals surface area (Å²) < 4.78 is 7.57. The molecule has 1 aromatic heterocycles. The van der Waals surface area contributed by atoms with Gasteiger partial charge in [0.25, 0.3) is 0 Å². The number of benzene rings is 2. The molecule has 3 aromatic rings. The molecule has 1 amide bonds. The highest BCUT2D eigenvalue weighted by molar-refractivity contribution is 5.92. The van der Waals surface area contributed by atoms with Gasteiger partial charge in [-0.3, -0.25) is 4.79 Å². The molecular formula is C24H29N3O2. The number of hydrogen-bond donors (Lipinski definition) is 1. The third-order valence-corrected chi connectivity index (χ3v) is 4.98. The van der Waals surface area contributed by atoms with Crippen molar-refractivity contribution in [2.24, 2.45) is 0 Å². The number of amides is 1. The maximum absolute atomic E-state index is 11.5. The molecule has 0 saturated heterocycles. The molecular weight excluding hydrogens is 362 g/mol. The zero-order valence-corrected chi connectivity index (χ0v) is 17.3. The summed E-state index contributed by atoms with van der Waals surface area (Å²) in [5.41, 5.74) is 3.96. The van der Waals surface area contributed by atoms with Gasteiger partial charge in [-0.25, -0.2) is 4.98 Å². The Labute approximate surface area is 172 Å². The maximum atomic E-state index is 11.5. The molecule has 0 bridgehead atoms. The summed E-state index contributed by atoms with van der Waals surface area (Å²) in [7, 11) is 1.68. The van der Waals surface area contributed by atoms with Gasteiger partial charge in [0.15, 0.2) is 0 Å². The van der Waals surface area contributed by atoms with Crippen molar-refractivity contribution in [3.8, 4) is 5.75 Å². The fourth-order valence-electron chi connectivity index (χ4n) is 3.34. The predicted octanol–water partition coefficient (Wildman–Crippen LogP) is 4.50. The second-order valence-electron chi connectivity index (χ2n) is 7.30. The lowest BCUT2D eigenvalue weighted by atomic mass is 10.1. The molecule has 1 heterocycles. The summed E-state index contributed by atoms with van der Waals surface area (Å²) in [6.07, 6.45) is 3.95. The topological polar surface area (TPSA) is 56.2 Å². The van der Waals surface area contributed by atoms with Crippen LogP contribution in [0.2, 0.25) is 0 Å². The highest BCUT2D eigenvalue weighted by Gasteiger charge is 2.11. The van der Waals surface area contributed by atoms with E-state index in [9.17, 15) is 4.79 Å². The van der Waals surface area contributed by atoms with Crippen LogP contribution in [0, 0.1) is 0 Å². The first kappa shape index (κ1) is 20.6. The van der Waals surface area contributed by atoms with E-state index in [1.807, 2.05) is 18.2 Å². The smallest absolute Gasteiger partial charge is 0.246 e. The van der Waals surface area contributed by atoms with Gasteiger partial charge in [-0.15, -0.1) is 0 Å². The zero-order chi connectivity index (χ0) is 20.6. The number of rotatable bonds is 10. The fraction of sp³-hybridized carbons (Fsp3) is 0.333. The number of carbonyl (C=O) groups is 1. The normalized spacial score (nSPS) is 10.8. The first-order valence-electron chi connectivity index (χ1n) is 10.1. The van der Waals surface area contributed by atoms with Crippen LogP contribution in [0.1, 0.15) is 37.6 Å². The summed E-state index contributed by atoms with van der Waals surface area (Å²) >= 11 is 0. The molecule has 5 heteroatoms. The molecule has 0 fully saturated rings. The number of nitrogens with one attached hydrogen (secondary N) is 1. The lowest BCUT2D eigenvalue weighted by Crippen LogP contribution is -2.24. The number of para-hydroxylation sites is 2. The number of nitrogens with zero attached hydrogens (tertiary/aromatic N) is 2. The van der Waals surface area contributed by atoms with E-state index in [0.717, 1.165) is 54.8 Å². The molecule has 0 aliphatic rings. The maximum Gasteiger partial charge on any atom is 0.246 e. The number of aryl methyl sites for hydroxylation is 1. The van der Waals surface area contributed by atoms with Crippen molar-refractivity contribution in [3.05, 3.63) is 72.1 Å². The van der Waals surface area contributed by atoms with E-state index in [2.05, 4.69) is 46.8 Å². The van der Waals surface area contributed by atoms with Crippen molar-refractivity contribution in [1.82, 2.24) is 14.9 Å². The van der Waals surface area contributed by atoms with Gasteiger partial charge in [-0.05, 0) is 49.6 Å². The van der Waals surface area contributed by atoms with Gasteiger partial charge < -0.3 is 14.6 Å². The van der Waals surface area contributed by atoms with E-state index in [0.29, 0.717) is 12.1 Å². The number of hydrogen-bond acceptors (Lipinski definition) is 3. The van der Waals surface area contributed by atoms with Crippen LogP contribution in [0.15, 0.2) is 60.7 Å². The van der Waals surface area contributed by atoms with Crippen molar-refractivity contribution in [3.63, 3.8) is 0 Å². The Morgan fingerprint density at radius 3 is 2.59 bits per heavy atom. The van der Waals surface area contributed by atoms with Gasteiger partial charge >= 0.3 is 0 Å². The SMILES string of the molecule is C=C(C)C(=O)NCCCCCc1nc2ccccc2n1Cc1ccc(OC)cc1. The molecule has 1 N–H and O–H groups in total. The van der Waals surface area contributed by atoms with E-state index in [-0.39, 0.29) is 5.91 Å². The van der Waals surface area contributed by atoms with Crippen LogP contribution >= 0.6 is 0 Å². The number of ether oxygens (including phenoxy) is 1. The molecule has 0 aliphatic carbocycles. The van der Waals surface area contributed by atoms with E-state index in [1.54, 1.807) is 14.0 Å². The number of aromatic nitrogens is 2. The highest BCUT2D eigenvalue weighted by atomic mass is 16.5. The first-order chi connectivity index (χ1) is 14.1. The molecule has 29 heavy (non-hydrogen) atoms. The summed E-state index contributed by atoms with van der Waals surface area (Å²) in [5, 5.41) is 2.89. The van der Waals surface area contributed by atoms with Gasteiger partial charge in [0.1, 0.15) is 11.6 Å². The van der Waals surface area contributed by atoms with Crippen LogP contribution in [0.5, 0.6) is 5.75 Å². The quantitative estimate of drug-likeness (QED) is 0.409. The Balaban J connectivity index is 1.63. The van der Waals surface area contributed by atoms with Gasteiger partial charge in [0.05, 0.1) is 18.1 Å². The standard InChI is InChI=1S/C24H29N3O2/c1-18(2)24(28)25-16-8-4-5-11-23-26-21-9-6-7-10-22(21)27(23)17-19-12-14-20(29-3)15-13-19/h6-7,9-10,12-15H,1,4-5,8,11,16-17H2,2-3H3,(H,25,28). The second kappa shape index (κ2) is 9.92. The molecule has 0 aliphatic heterocycles. The second-order valence-corrected chi connectivity index (χ2v) is 7.30. The average Bonchev–Trinajstić information content (AvgIpc) is 3.08. The molecule has 2 aromatic carbocycles. The van der Waals surface area contributed by atoms with Gasteiger partial charge in [-0.1, -0.05) is 37.3 Å². The molecule has 3 rings (SSSR count). The Kier molecular flexibility index (Phi) is 7.06. The van der Waals surface area contributed by atoms with Crippen molar-refractivity contribution in [1.29, 1.82) is 0 Å². The van der Waals surface area contributed by atoms with E-state index in [4.69, 9.17) is 9.72 Å². The number of unbranched alkanes of at least 4 members (excludes halogenated alkanes) is 2. The number of carbonyl (C=O) groups excluding carboxylic acids is 1. The zero-order valence-electron chi connectivity index (χ0n) is 17.3. The van der Waals surface area contributed by atoms with Gasteiger partial charge in [0, 0.05) is 25.1 Å². The van der Waals surface area contributed by atoms with Gasteiger partial charge in [0.2, 0.25) is 5.91 Å². The Hall–Kier alpha value is -3.08. The fourth-order valence-corrected chi connectivity index (χ4v) is 3.34. The largest absolute Gasteiger partial charge is 0.497 e. The van der Waals surface area contributed by atoms with Crippen LogP contribution in [0.25, 0.3) is 11.0 Å². The summed E-state index contributed by atoms with van der Waals surface area (Å²) in [4.78, 5) is 16.4. The molecule has 0 saturated carbocycles. The van der Waals surface area contributed by atoms with Crippen LogP contribution in [0.4, 0.5) is 0 Å². The molecule has 0 atom stereocenters. The summed E-state index contributed by atoms with van der Waals surface area (Å²) in [6, 6.07) is 16.5. The third-order valence-electron chi connectivity index (χ3n) is 4.98. The van der Waals surface area contributed by atoms with E-state index >= 15 is 0 Å². The predicted molar refractivity (Wildman–Crippen MR) is 117 cm³/mol. The highest BCUT2D eigenvalue weighted by Crippen LogP contribution is 2.20. The van der Waals surface area contributed by atoms with Crippen molar-refractivity contribution in [2.45, 2.75) is 39.2 Å². The summed E-state index contributed by atoms with van der Waals surface area (Å²) in [6.45, 7) is 6.85. The molecule has 0 spiro atoms. The number of fused-ring (bicyclic) bond motifs is 1. The molecule has 5 nitrogen and oxygen atoms in total. The molecule has 0 unspecified atom stereocenters. The minimum Gasteiger partial charge on any atom is -0.497 e.